The van der Waals surface area contributed by atoms with Gasteiger partial charge in [-0.2, -0.15) is 0 Å². The van der Waals surface area contributed by atoms with Gasteiger partial charge < -0.3 is 20.1 Å². The van der Waals surface area contributed by atoms with E-state index in [4.69, 9.17) is 9.47 Å². The van der Waals surface area contributed by atoms with Gasteiger partial charge in [-0.25, -0.2) is 0 Å². The third kappa shape index (κ3) is 5.66. The van der Waals surface area contributed by atoms with Crippen LogP contribution in [0.3, 0.4) is 0 Å². The van der Waals surface area contributed by atoms with Crippen LogP contribution < -0.4 is 20.1 Å². The van der Waals surface area contributed by atoms with E-state index in [1.807, 2.05) is 44.4 Å². The van der Waals surface area contributed by atoms with E-state index >= 15 is 0 Å². The van der Waals surface area contributed by atoms with E-state index in [9.17, 15) is 9.59 Å². The van der Waals surface area contributed by atoms with Gasteiger partial charge in [0.15, 0.2) is 0 Å². The van der Waals surface area contributed by atoms with E-state index in [0.717, 1.165) is 4.90 Å². The maximum atomic E-state index is 12.8. The molecule has 0 radical (unpaired) electrons. The summed E-state index contributed by atoms with van der Waals surface area (Å²) in [6, 6.07) is 11.8. The van der Waals surface area contributed by atoms with Gasteiger partial charge >= 0.3 is 0 Å². The van der Waals surface area contributed by atoms with Gasteiger partial charge in [-0.05, 0) is 42.5 Å². The van der Waals surface area contributed by atoms with Crippen LogP contribution in [-0.4, -0.2) is 38.3 Å². The van der Waals surface area contributed by atoms with Gasteiger partial charge in [-0.1, -0.05) is 19.9 Å². The highest BCUT2D eigenvalue weighted by molar-refractivity contribution is 7.98. The van der Waals surface area contributed by atoms with Crippen LogP contribution in [0.25, 0.3) is 0 Å². The lowest BCUT2D eigenvalue weighted by Gasteiger charge is -2.22. The first-order valence-electron chi connectivity index (χ1n) is 8.86. The molecule has 0 aromatic heterocycles. The van der Waals surface area contributed by atoms with Crippen molar-refractivity contribution in [1.29, 1.82) is 0 Å². The minimum atomic E-state index is -0.692. The Bertz CT molecular complexity index is 817. The average Bonchev–Trinajstić information content (AvgIpc) is 2.70. The lowest BCUT2D eigenvalue weighted by Crippen LogP contribution is -2.47. The summed E-state index contributed by atoms with van der Waals surface area (Å²) in [6.07, 6.45) is 1.97. The highest BCUT2D eigenvalue weighted by Gasteiger charge is 2.25. The Morgan fingerprint density at radius 1 is 1.00 bits per heavy atom. The number of carbonyl (C=O) groups is 2. The van der Waals surface area contributed by atoms with Crippen LogP contribution in [0.15, 0.2) is 47.4 Å². The van der Waals surface area contributed by atoms with Gasteiger partial charge in [0, 0.05) is 22.2 Å². The van der Waals surface area contributed by atoms with E-state index in [2.05, 4.69) is 10.6 Å². The summed E-state index contributed by atoms with van der Waals surface area (Å²) in [5, 5.41) is 5.70. The first kappa shape index (κ1) is 21.6. The maximum absolute atomic E-state index is 12.8. The number of carbonyl (C=O) groups excluding carboxylic acids is 2. The molecule has 2 aromatic rings. The Labute approximate surface area is 170 Å². The molecule has 0 aliphatic rings. The van der Waals surface area contributed by atoms with Crippen molar-refractivity contribution < 1.29 is 19.1 Å². The predicted octanol–water partition coefficient (Wildman–Crippen LogP) is 3.82. The number of benzene rings is 2. The standard InChI is InChI=1S/C21H26N2O4S/c1-13(2)19(21(25)22-15-7-6-8-18(11-15)28-5)23-20(24)14-9-16(26-3)12-17(10-14)27-4/h6-13,19H,1-5H3,(H,22,25)(H,23,24)/t19-/m0/s1. The molecule has 0 saturated carbocycles. The van der Waals surface area contributed by atoms with Crippen molar-refractivity contribution in [2.24, 2.45) is 5.92 Å². The third-order valence-corrected chi connectivity index (χ3v) is 4.91. The molecule has 2 aromatic carbocycles. The van der Waals surface area contributed by atoms with Crippen molar-refractivity contribution in [3.8, 4) is 11.5 Å². The summed E-state index contributed by atoms with van der Waals surface area (Å²) in [7, 11) is 3.03. The molecule has 0 fully saturated rings. The van der Waals surface area contributed by atoms with Crippen molar-refractivity contribution in [1.82, 2.24) is 5.32 Å². The number of hydrogen-bond acceptors (Lipinski definition) is 5. The topological polar surface area (TPSA) is 76.7 Å². The van der Waals surface area contributed by atoms with Crippen LogP contribution in [0.4, 0.5) is 5.69 Å². The largest absolute Gasteiger partial charge is 0.497 e. The van der Waals surface area contributed by atoms with E-state index < -0.39 is 6.04 Å². The van der Waals surface area contributed by atoms with Crippen molar-refractivity contribution in [3.63, 3.8) is 0 Å². The van der Waals surface area contributed by atoms with Gasteiger partial charge in [-0.15, -0.1) is 11.8 Å². The number of hydrogen-bond donors (Lipinski definition) is 2. The summed E-state index contributed by atoms with van der Waals surface area (Å²) in [6.45, 7) is 3.77. The summed E-state index contributed by atoms with van der Waals surface area (Å²) in [5.74, 6) is 0.272. The third-order valence-electron chi connectivity index (χ3n) is 4.19. The van der Waals surface area contributed by atoms with Gasteiger partial charge in [0.25, 0.3) is 5.91 Å². The highest BCUT2D eigenvalue weighted by atomic mass is 32.2. The molecule has 0 heterocycles. The zero-order chi connectivity index (χ0) is 20.7. The summed E-state index contributed by atoms with van der Waals surface area (Å²) >= 11 is 1.59. The zero-order valence-electron chi connectivity index (χ0n) is 16.7. The number of thioether (sulfide) groups is 1. The molecule has 0 unspecified atom stereocenters. The second-order valence-electron chi connectivity index (χ2n) is 6.52. The van der Waals surface area contributed by atoms with Crippen molar-refractivity contribution >= 4 is 29.3 Å². The Morgan fingerprint density at radius 2 is 1.64 bits per heavy atom. The van der Waals surface area contributed by atoms with Gasteiger partial charge in [0.1, 0.15) is 17.5 Å². The molecule has 6 nitrogen and oxygen atoms in total. The SMILES string of the molecule is COc1cc(OC)cc(C(=O)N[C@H](C(=O)Nc2cccc(SC)c2)C(C)C)c1. The summed E-state index contributed by atoms with van der Waals surface area (Å²) in [5.41, 5.74) is 1.05. The Kier molecular flexibility index (Phi) is 7.75. The van der Waals surface area contributed by atoms with Crippen LogP contribution in [0.5, 0.6) is 11.5 Å². The quantitative estimate of drug-likeness (QED) is 0.657. The number of ether oxygens (including phenoxy) is 2. The van der Waals surface area contributed by atoms with Crippen molar-refractivity contribution in [2.75, 3.05) is 25.8 Å². The molecule has 2 amide bonds. The van der Waals surface area contributed by atoms with Crippen LogP contribution in [-0.2, 0) is 4.79 Å². The van der Waals surface area contributed by atoms with Crippen molar-refractivity contribution in [3.05, 3.63) is 48.0 Å². The van der Waals surface area contributed by atoms with E-state index in [1.165, 1.54) is 14.2 Å². The second kappa shape index (κ2) is 10.0. The molecule has 7 heteroatoms. The normalized spacial score (nSPS) is 11.6. The average molecular weight is 403 g/mol. The van der Waals surface area contributed by atoms with Crippen LogP contribution >= 0.6 is 11.8 Å². The number of methoxy groups -OCH3 is 2. The molecule has 0 aliphatic heterocycles. The van der Waals surface area contributed by atoms with Crippen molar-refractivity contribution in [2.45, 2.75) is 24.8 Å². The molecule has 0 bridgehead atoms. The maximum Gasteiger partial charge on any atom is 0.252 e. The molecule has 0 saturated heterocycles. The predicted molar refractivity (Wildman–Crippen MR) is 112 cm³/mol. The molecule has 2 N–H and O–H groups in total. The first-order valence-corrected chi connectivity index (χ1v) is 10.1. The lowest BCUT2D eigenvalue weighted by molar-refractivity contribution is -0.118. The molecular weight excluding hydrogens is 376 g/mol. The van der Waals surface area contributed by atoms with Gasteiger partial charge in [-0.3, -0.25) is 9.59 Å². The summed E-state index contributed by atoms with van der Waals surface area (Å²) in [4.78, 5) is 26.6. The number of nitrogens with one attached hydrogen (secondary N) is 2. The smallest absolute Gasteiger partial charge is 0.252 e. The molecule has 0 aliphatic carbocycles. The van der Waals surface area contributed by atoms with Crippen LogP contribution in [0, 0.1) is 5.92 Å². The Balaban J connectivity index is 2.17. The number of amides is 2. The fraction of sp³-hybridized carbons (Fsp3) is 0.333. The second-order valence-corrected chi connectivity index (χ2v) is 7.40. The van der Waals surface area contributed by atoms with Gasteiger partial charge in [0.05, 0.1) is 14.2 Å². The minimum Gasteiger partial charge on any atom is -0.497 e. The molecule has 150 valence electrons. The van der Waals surface area contributed by atoms with Gasteiger partial charge in [0.2, 0.25) is 5.91 Å². The number of anilines is 1. The molecule has 28 heavy (non-hydrogen) atoms. The van der Waals surface area contributed by atoms with E-state index in [-0.39, 0.29) is 17.7 Å². The Hall–Kier alpha value is -2.67. The molecule has 0 spiro atoms. The van der Waals surface area contributed by atoms with Crippen LogP contribution in [0.2, 0.25) is 0 Å². The monoisotopic (exact) mass is 402 g/mol. The summed E-state index contributed by atoms with van der Waals surface area (Å²) < 4.78 is 10.4. The lowest BCUT2D eigenvalue weighted by atomic mass is 10.0. The molecule has 2 rings (SSSR count). The van der Waals surface area contributed by atoms with E-state index in [0.29, 0.717) is 22.7 Å². The zero-order valence-corrected chi connectivity index (χ0v) is 17.6. The number of rotatable bonds is 8. The Morgan fingerprint density at radius 3 is 2.18 bits per heavy atom. The highest BCUT2D eigenvalue weighted by Crippen LogP contribution is 2.23. The molecular formula is C21H26N2O4S. The molecule has 1 atom stereocenters. The van der Waals surface area contributed by atoms with E-state index in [1.54, 1.807) is 30.0 Å². The van der Waals surface area contributed by atoms with Crippen LogP contribution in [0.1, 0.15) is 24.2 Å². The minimum absolute atomic E-state index is 0.0970. The first-order chi connectivity index (χ1) is 13.4. The fourth-order valence-corrected chi connectivity index (χ4v) is 3.08. The fourth-order valence-electron chi connectivity index (χ4n) is 2.62.